The summed E-state index contributed by atoms with van der Waals surface area (Å²) in [4.78, 5) is 25.8. The van der Waals surface area contributed by atoms with E-state index < -0.39 is 22.5 Å². The maximum Gasteiger partial charge on any atom is 0.264 e. The second-order valence-corrected chi connectivity index (χ2v) is 12.2. The summed E-state index contributed by atoms with van der Waals surface area (Å²) in [6, 6.07) is 25.5. The molecule has 0 aromatic heterocycles. The highest BCUT2D eigenvalue weighted by atomic mass is 35.5. The van der Waals surface area contributed by atoms with Crippen molar-refractivity contribution in [2.24, 2.45) is 5.10 Å². The average Bonchev–Trinajstić information content (AvgIpc) is 2.94. The Kier molecular flexibility index (Phi) is 9.45. The predicted octanol–water partition coefficient (Wildman–Crippen LogP) is 6.25. The van der Waals surface area contributed by atoms with Crippen LogP contribution in [-0.4, -0.2) is 32.5 Å². The van der Waals surface area contributed by atoms with Crippen LogP contribution in [0.4, 0.5) is 11.4 Å². The van der Waals surface area contributed by atoms with Gasteiger partial charge in [0.2, 0.25) is 0 Å². The van der Waals surface area contributed by atoms with Crippen molar-refractivity contribution in [3.8, 4) is 0 Å². The number of nitrogens with zero attached hydrogens (tertiary/aromatic N) is 2. The number of aryl methyl sites for hydroxylation is 3. The van der Waals surface area contributed by atoms with Gasteiger partial charge in [0.1, 0.15) is 6.54 Å². The van der Waals surface area contributed by atoms with Crippen LogP contribution in [0.5, 0.6) is 0 Å². The van der Waals surface area contributed by atoms with E-state index in [0.29, 0.717) is 33.2 Å². The second kappa shape index (κ2) is 13.0. The van der Waals surface area contributed by atoms with E-state index in [1.54, 1.807) is 79.7 Å². The fourth-order valence-corrected chi connectivity index (χ4v) is 5.87. The van der Waals surface area contributed by atoms with Gasteiger partial charge in [0.15, 0.2) is 0 Å². The van der Waals surface area contributed by atoms with Gasteiger partial charge in [0.25, 0.3) is 21.8 Å². The molecule has 0 fully saturated rings. The Morgan fingerprint density at radius 1 is 0.810 bits per heavy atom. The summed E-state index contributed by atoms with van der Waals surface area (Å²) in [6.45, 7) is 6.82. The smallest absolute Gasteiger partial charge is 0.264 e. The molecule has 4 aromatic rings. The summed E-state index contributed by atoms with van der Waals surface area (Å²) in [5, 5.41) is 7.48. The number of benzene rings is 4. The highest BCUT2D eigenvalue weighted by molar-refractivity contribution is 7.92. The summed E-state index contributed by atoms with van der Waals surface area (Å²) in [7, 11) is -4.06. The molecule has 0 aliphatic carbocycles. The van der Waals surface area contributed by atoms with Gasteiger partial charge < -0.3 is 5.32 Å². The quantitative estimate of drug-likeness (QED) is 0.174. The van der Waals surface area contributed by atoms with Crippen LogP contribution in [-0.2, 0) is 14.8 Å². The molecule has 0 atom stereocenters. The standard InChI is InChI=1S/C32H31ClN4O4S/c1-21-11-13-30(14-12-21)42(40,41)37(29-16-22(2)15-23(3)17-29)20-31(38)36-35-24(4)25-7-6-10-28(19-25)34-32(39)26-8-5-9-27(33)18-26/h5-19H,20H2,1-4H3,(H,34,39)(H,36,38)/b35-24-. The van der Waals surface area contributed by atoms with Gasteiger partial charge in [-0.2, -0.15) is 5.10 Å². The summed E-state index contributed by atoms with van der Waals surface area (Å²) < 4.78 is 28.4. The molecule has 4 aromatic carbocycles. The Morgan fingerprint density at radius 2 is 1.45 bits per heavy atom. The van der Waals surface area contributed by atoms with E-state index in [4.69, 9.17) is 11.6 Å². The number of anilines is 2. The molecule has 0 heterocycles. The van der Waals surface area contributed by atoms with E-state index in [2.05, 4.69) is 15.8 Å². The van der Waals surface area contributed by atoms with Crippen LogP contribution in [0.2, 0.25) is 5.02 Å². The van der Waals surface area contributed by atoms with Crippen LogP contribution in [0.15, 0.2) is 101 Å². The number of amides is 2. The Balaban J connectivity index is 1.53. The Labute approximate surface area is 251 Å². The first-order chi connectivity index (χ1) is 19.9. The number of halogens is 1. The van der Waals surface area contributed by atoms with Crippen molar-refractivity contribution in [2.45, 2.75) is 32.6 Å². The van der Waals surface area contributed by atoms with Crippen molar-refractivity contribution in [1.82, 2.24) is 5.43 Å². The van der Waals surface area contributed by atoms with Crippen molar-refractivity contribution in [3.63, 3.8) is 0 Å². The Morgan fingerprint density at radius 3 is 2.12 bits per heavy atom. The maximum atomic E-state index is 13.7. The van der Waals surface area contributed by atoms with Crippen molar-refractivity contribution in [2.75, 3.05) is 16.2 Å². The van der Waals surface area contributed by atoms with Crippen LogP contribution < -0.4 is 15.0 Å². The molecule has 10 heteroatoms. The van der Waals surface area contributed by atoms with Crippen molar-refractivity contribution < 1.29 is 18.0 Å². The molecule has 0 bridgehead atoms. The van der Waals surface area contributed by atoms with Gasteiger partial charge >= 0.3 is 0 Å². The second-order valence-electron chi connectivity index (χ2n) is 9.95. The van der Waals surface area contributed by atoms with Gasteiger partial charge in [-0.25, -0.2) is 13.8 Å². The van der Waals surface area contributed by atoms with Crippen LogP contribution >= 0.6 is 11.6 Å². The van der Waals surface area contributed by atoms with Crippen LogP contribution in [0.1, 0.15) is 39.5 Å². The van der Waals surface area contributed by atoms with Crippen LogP contribution in [0.25, 0.3) is 0 Å². The molecule has 216 valence electrons. The monoisotopic (exact) mass is 602 g/mol. The van der Waals surface area contributed by atoms with E-state index >= 15 is 0 Å². The van der Waals surface area contributed by atoms with E-state index in [1.165, 1.54) is 12.1 Å². The summed E-state index contributed by atoms with van der Waals surface area (Å²) in [5.41, 5.74) is 7.57. The number of nitrogens with one attached hydrogen (secondary N) is 2. The molecule has 0 unspecified atom stereocenters. The molecule has 0 spiro atoms. The van der Waals surface area contributed by atoms with Gasteiger partial charge in [-0.3, -0.25) is 13.9 Å². The highest BCUT2D eigenvalue weighted by Gasteiger charge is 2.27. The third-order valence-electron chi connectivity index (χ3n) is 6.36. The van der Waals surface area contributed by atoms with Crippen LogP contribution in [0, 0.1) is 20.8 Å². The van der Waals surface area contributed by atoms with Crippen LogP contribution in [0.3, 0.4) is 0 Å². The largest absolute Gasteiger partial charge is 0.322 e. The predicted molar refractivity (Wildman–Crippen MR) is 168 cm³/mol. The lowest BCUT2D eigenvalue weighted by molar-refractivity contribution is -0.119. The molecular formula is C32H31ClN4O4S. The fourth-order valence-electron chi connectivity index (χ4n) is 4.28. The lowest BCUT2D eigenvalue weighted by Crippen LogP contribution is -2.39. The normalized spacial score (nSPS) is 11.6. The maximum absolute atomic E-state index is 13.7. The number of hydrazone groups is 1. The molecule has 2 amide bonds. The molecule has 0 aliphatic heterocycles. The van der Waals surface area contributed by atoms with E-state index in [-0.39, 0.29) is 10.8 Å². The Bertz CT molecular complexity index is 1750. The number of rotatable bonds is 9. The molecule has 0 aliphatic rings. The first kappa shape index (κ1) is 30.5. The number of sulfonamides is 1. The summed E-state index contributed by atoms with van der Waals surface area (Å²) >= 11 is 5.99. The number of carbonyl (C=O) groups excluding carboxylic acids is 2. The number of hydrogen-bond acceptors (Lipinski definition) is 5. The third-order valence-corrected chi connectivity index (χ3v) is 8.39. The van der Waals surface area contributed by atoms with Gasteiger partial charge in [-0.1, -0.05) is 53.6 Å². The molecule has 0 saturated heterocycles. The topological polar surface area (TPSA) is 108 Å². The Hall–Kier alpha value is -4.47. The molecule has 2 N–H and O–H groups in total. The molecule has 0 saturated carbocycles. The molecule has 0 radical (unpaired) electrons. The first-order valence-electron chi connectivity index (χ1n) is 13.1. The molecule has 8 nitrogen and oxygen atoms in total. The van der Waals surface area contributed by atoms with Gasteiger partial charge in [-0.05, 0) is 99.0 Å². The van der Waals surface area contributed by atoms with E-state index in [0.717, 1.165) is 21.0 Å². The zero-order chi connectivity index (χ0) is 30.4. The highest BCUT2D eigenvalue weighted by Crippen LogP contribution is 2.26. The minimum atomic E-state index is -4.06. The fraction of sp³-hybridized carbons (Fsp3) is 0.156. The van der Waals surface area contributed by atoms with E-state index in [9.17, 15) is 18.0 Å². The average molecular weight is 603 g/mol. The molecule has 4 rings (SSSR count). The van der Waals surface area contributed by atoms with E-state index in [1.807, 2.05) is 26.8 Å². The van der Waals surface area contributed by atoms with Crippen molar-refractivity contribution >= 4 is 50.5 Å². The lowest BCUT2D eigenvalue weighted by Gasteiger charge is -2.24. The first-order valence-corrected chi connectivity index (χ1v) is 14.9. The molecular weight excluding hydrogens is 572 g/mol. The molecule has 42 heavy (non-hydrogen) atoms. The van der Waals surface area contributed by atoms with Crippen molar-refractivity contribution in [3.05, 3.63) is 124 Å². The number of carbonyl (C=O) groups is 2. The van der Waals surface area contributed by atoms with Gasteiger partial charge in [0, 0.05) is 16.3 Å². The van der Waals surface area contributed by atoms with Crippen molar-refractivity contribution in [1.29, 1.82) is 0 Å². The zero-order valence-electron chi connectivity index (χ0n) is 23.7. The zero-order valence-corrected chi connectivity index (χ0v) is 25.3. The van der Waals surface area contributed by atoms with Gasteiger partial charge in [0.05, 0.1) is 16.3 Å². The minimum Gasteiger partial charge on any atom is -0.322 e. The minimum absolute atomic E-state index is 0.0800. The summed E-state index contributed by atoms with van der Waals surface area (Å²) in [5.74, 6) is -0.937. The SMILES string of the molecule is C/C(=N/NC(=O)CN(c1cc(C)cc(C)c1)S(=O)(=O)c1ccc(C)cc1)c1cccc(NC(=O)c2cccc(Cl)c2)c1. The third kappa shape index (κ3) is 7.63. The van der Waals surface area contributed by atoms with Gasteiger partial charge in [-0.15, -0.1) is 0 Å². The summed E-state index contributed by atoms with van der Waals surface area (Å²) in [6.07, 6.45) is 0. The lowest BCUT2D eigenvalue weighted by atomic mass is 10.1. The number of hydrogen-bond donors (Lipinski definition) is 2.